The molecular formula is C11H21N3O3. The summed E-state index contributed by atoms with van der Waals surface area (Å²) < 4.78 is 4.81. The Bertz CT molecular complexity index is 275. The Balaban J connectivity index is 2.40. The Morgan fingerprint density at radius 1 is 1.24 bits per heavy atom. The van der Waals surface area contributed by atoms with Crippen molar-refractivity contribution in [1.29, 1.82) is 0 Å². The Kier molecular flexibility index (Phi) is 5.37. The van der Waals surface area contributed by atoms with Crippen LogP contribution in [0.3, 0.4) is 0 Å². The van der Waals surface area contributed by atoms with Gasteiger partial charge in [-0.3, -0.25) is 9.59 Å². The monoisotopic (exact) mass is 243 g/mol. The summed E-state index contributed by atoms with van der Waals surface area (Å²) in [5.74, 6) is 0.0765. The maximum absolute atomic E-state index is 11.9. The molecule has 6 nitrogen and oxygen atoms in total. The van der Waals surface area contributed by atoms with Gasteiger partial charge in [0.05, 0.1) is 6.04 Å². The summed E-state index contributed by atoms with van der Waals surface area (Å²) in [6.45, 7) is 4.32. The molecule has 17 heavy (non-hydrogen) atoms. The molecule has 0 bridgehead atoms. The minimum atomic E-state index is -0.170. The molecule has 6 heteroatoms. The first-order chi connectivity index (χ1) is 8.10. The molecule has 1 atom stereocenters. The second-order valence-corrected chi connectivity index (χ2v) is 4.15. The number of piperazine rings is 1. The molecule has 0 aromatic carbocycles. The van der Waals surface area contributed by atoms with Gasteiger partial charge in [-0.1, -0.05) is 0 Å². The number of rotatable bonds is 4. The summed E-state index contributed by atoms with van der Waals surface area (Å²) >= 11 is 0. The number of nitrogens with one attached hydrogen (secondary N) is 1. The summed E-state index contributed by atoms with van der Waals surface area (Å²) in [6, 6.07) is -0.170. The molecule has 0 aromatic rings. The van der Waals surface area contributed by atoms with Crippen molar-refractivity contribution in [3.05, 3.63) is 0 Å². The van der Waals surface area contributed by atoms with Crippen molar-refractivity contribution >= 4 is 11.8 Å². The first kappa shape index (κ1) is 13.9. The molecular weight excluding hydrogens is 222 g/mol. The van der Waals surface area contributed by atoms with Gasteiger partial charge in [-0.05, 0) is 14.0 Å². The van der Waals surface area contributed by atoms with E-state index in [-0.39, 0.29) is 24.5 Å². The minimum Gasteiger partial charge on any atom is -0.375 e. The normalized spacial score (nSPS) is 18.1. The lowest BCUT2D eigenvalue weighted by Crippen LogP contribution is -2.54. The average Bonchev–Trinajstić information content (AvgIpc) is 2.37. The number of carbonyl (C=O) groups excluding carboxylic acids is 2. The van der Waals surface area contributed by atoms with Gasteiger partial charge < -0.3 is 19.9 Å². The number of ether oxygens (including phenoxy) is 1. The maximum Gasteiger partial charge on any atom is 0.248 e. The fraction of sp³-hybridized carbons (Fsp3) is 0.818. The van der Waals surface area contributed by atoms with Gasteiger partial charge in [-0.15, -0.1) is 0 Å². The smallest absolute Gasteiger partial charge is 0.248 e. The molecule has 1 saturated heterocycles. The maximum atomic E-state index is 11.9. The summed E-state index contributed by atoms with van der Waals surface area (Å²) in [7, 11) is 3.27. The van der Waals surface area contributed by atoms with E-state index in [1.165, 1.54) is 7.11 Å². The fourth-order valence-electron chi connectivity index (χ4n) is 1.79. The third kappa shape index (κ3) is 3.67. The average molecular weight is 243 g/mol. The van der Waals surface area contributed by atoms with Crippen LogP contribution in [0.4, 0.5) is 0 Å². The van der Waals surface area contributed by atoms with Gasteiger partial charge in [0.1, 0.15) is 6.61 Å². The molecule has 1 aliphatic heterocycles. The summed E-state index contributed by atoms with van der Waals surface area (Å²) in [6.07, 6.45) is 0. The molecule has 1 unspecified atom stereocenters. The topological polar surface area (TPSA) is 61.9 Å². The van der Waals surface area contributed by atoms with E-state index in [2.05, 4.69) is 5.32 Å². The van der Waals surface area contributed by atoms with Gasteiger partial charge in [-0.25, -0.2) is 0 Å². The second-order valence-electron chi connectivity index (χ2n) is 4.15. The van der Waals surface area contributed by atoms with E-state index in [1.54, 1.807) is 16.8 Å². The number of carbonyl (C=O) groups is 2. The van der Waals surface area contributed by atoms with Crippen molar-refractivity contribution in [2.24, 2.45) is 0 Å². The lowest BCUT2D eigenvalue weighted by atomic mass is 10.2. The fourth-order valence-corrected chi connectivity index (χ4v) is 1.79. The number of methoxy groups -OCH3 is 1. The standard InChI is InChI=1S/C11H21N3O3/c1-9(12-2)11(16)14-6-4-13(5-7-14)10(15)8-17-3/h9,12H,4-8H2,1-3H3. The molecule has 98 valence electrons. The van der Waals surface area contributed by atoms with Crippen LogP contribution in [-0.4, -0.2) is 74.6 Å². The minimum absolute atomic E-state index is 0.0127. The molecule has 0 radical (unpaired) electrons. The summed E-state index contributed by atoms with van der Waals surface area (Å²) in [5, 5.41) is 2.92. The SMILES string of the molecule is CNC(C)C(=O)N1CCN(C(=O)COC)CC1. The number of likely N-dealkylation sites (N-methyl/N-ethyl adjacent to an activating group) is 1. The zero-order chi connectivity index (χ0) is 12.8. The van der Waals surface area contributed by atoms with Crippen molar-refractivity contribution in [2.45, 2.75) is 13.0 Å². The largest absolute Gasteiger partial charge is 0.375 e. The molecule has 0 spiro atoms. The van der Waals surface area contributed by atoms with Crippen molar-refractivity contribution in [3.63, 3.8) is 0 Å². The van der Waals surface area contributed by atoms with E-state index in [9.17, 15) is 9.59 Å². The summed E-state index contributed by atoms with van der Waals surface area (Å²) in [4.78, 5) is 26.9. The number of amides is 2. The van der Waals surface area contributed by atoms with Gasteiger partial charge in [0.15, 0.2) is 0 Å². The van der Waals surface area contributed by atoms with E-state index >= 15 is 0 Å². The molecule has 0 aliphatic carbocycles. The Hall–Kier alpha value is -1.14. The highest BCUT2D eigenvalue weighted by molar-refractivity contribution is 5.82. The lowest BCUT2D eigenvalue weighted by Gasteiger charge is -2.35. The van der Waals surface area contributed by atoms with E-state index in [0.717, 1.165) is 0 Å². The van der Waals surface area contributed by atoms with Crippen LogP contribution in [0.25, 0.3) is 0 Å². The molecule has 0 aromatic heterocycles. The highest BCUT2D eigenvalue weighted by Gasteiger charge is 2.25. The van der Waals surface area contributed by atoms with Crippen molar-refractivity contribution < 1.29 is 14.3 Å². The highest BCUT2D eigenvalue weighted by atomic mass is 16.5. The Labute approximate surface area is 102 Å². The van der Waals surface area contributed by atoms with Gasteiger partial charge in [0.2, 0.25) is 11.8 Å². The molecule has 2 amide bonds. The second kappa shape index (κ2) is 6.56. The zero-order valence-electron chi connectivity index (χ0n) is 10.7. The van der Waals surface area contributed by atoms with Crippen LogP contribution in [0.2, 0.25) is 0 Å². The van der Waals surface area contributed by atoms with E-state index in [1.807, 2.05) is 6.92 Å². The van der Waals surface area contributed by atoms with E-state index < -0.39 is 0 Å². The van der Waals surface area contributed by atoms with Crippen molar-refractivity contribution in [1.82, 2.24) is 15.1 Å². The van der Waals surface area contributed by atoms with Crippen molar-refractivity contribution in [3.8, 4) is 0 Å². The van der Waals surface area contributed by atoms with Crippen LogP contribution >= 0.6 is 0 Å². The van der Waals surface area contributed by atoms with Crippen molar-refractivity contribution in [2.75, 3.05) is 46.9 Å². The van der Waals surface area contributed by atoms with Gasteiger partial charge in [-0.2, -0.15) is 0 Å². The lowest BCUT2D eigenvalue weighted by molar-refractivity contribution is -0.142. The quantitative estimate of drug-likeness (QED) is 0.681. The van der Waals surface area contributed by atoms with Crippen LogP contribution < -0.4 is 5.32 Å². The van der Waals surface area contributed by atoms with Crippen LogP contribution in [0.5, 0.6) is 0 Å². The van der Waals surface area contributed by atoms with Gasteiger partial charge >= 0.3 is 0 Å². The van der Waals surface area contributed by atoms with Gasteiger partial charge in [0.25, 0.3) is 0 Å². The molecule has 0 saturated carbocycles. The number of nitrogens with zero attached hydrogens (tertiary/aromatic N) is 2. The van der Waals surface area contributed by atoms with E-state index in [4.69, 9.17) is 4.74 Å². The number of hydrogen-bond donors (Lipinski definition) is 1. The predicted octanol–water partition coefficient (Wildman–Crippen LogP) is -1.09. The molecule has 1 fully saturated rings. The van der Waals surface area contributed by atoms with Crippen LogP contribution in [-0.2, 0) is 14.3 Å². The third-order valence-electron chi connectivity index (χ3n) is 3.02. The molecule has 1 heterocycles. The van der Waals surface area contributed by atoms with Crippen LogP contribution in [0.15, 0.2) is 0 Å². The Morgan fingerprint density at radius 3 is 2.24 bits per heavy atom. The Morgan fingerprint density at radius 2 is 1.76 bits per heavy atom. The molecule has 1 aliphatic rings. The van der Waals surface area contributed by atoms with Crippen LogP contribution in [0.1, 0.15) is 6.92 Å². The highest BCUT2D eigenvalue weighted by Crippen LogP contribution is 2.04. The third-order valence-corrected chi connectivity index (χ3v) is 3.02. The van der Waals surface area contributed by atoms with Crippen LogP contribution in [0, 0.1) is 0 Å². The van der Waals surface area contributed by atoms with Gasteiger partial charge in [0, 0.05) is 33.3 Å². The summed E-state index contributed by atoms with van der Waals surface area (Å²) in [5.41, 5.74) is 0. The molecule has 1 N–H and O–H groups in total. The number of hydrogen-bond acceptors (Lipinski definition) is 4. The first-order valence-corrected chi connectivity index (χ1v) is 5.83. The predicted molar refractivity (Wildman–Crippen MR) is 63.6 cm³/mol. The molecule has 1 rings (SSSR count). The first-order valence-electron chi connectivity index (χ1n) is 5.83. The van der Waals surface area contributed by atoms with E-state index in [0.29, 0.717) is 26.2 Å². The zero-order valence-corrected chi connectivity index (χ0v) is 10.7.